The van der Waals surface area contributed by atoms with E-state index in [1.54, 1.807) is 32.1 Å². The predicted molar refractivity (Wildman–Crippen MR) is 77.6 cm³/mol. The molecule has 0 saturated carbocycles. The van der Waals surface area contributed by atoms with Crippen molar-refractivity contribution in [2.75, 3.05) is 6.61 Å². The van der Waals surface area contributed by atoms with Crippen LogP contribution < -0.4 is 0 Å². The van der Waals surface area contributed by atoms with Gasteiger partial charge in [-0.25, -0.2) is 9.78 Å². The smallest absolute Gasteiger partial charge is 0.360 e. The molecule has 4 nitrogen and oxygen atoms in total. The van der Waals surface area contributed by atoms with Crippen LogP contribution in [0.3, 0.4) is 0 Å². The Hall–Kier alpha value is -2.07. The number of hydrogen-bond acceptors (Lipinski definition) is 4. The fourth-order valence-corrected chi connectivity index (χ4v) is 1.85. The number of oxazole rings is 1. The van der Waals surface area contributed by atoms with Gasteiger partial charge in [0, 0.05) is 11.1 Å². The van der Waals surface area contributed by atoms with Crippen LogP contribution in [0.2, 0.25) is 5.02 Å². The zero-order chi connectivity index (χ0) is 14.5. The minimum absolute atomic E-state index is 0.200. The predicted octanol–water partition coefficient (Wildman–Crippen LogP) is 3.98. The third-order valence-corrected chi connectivity index (χ3v) is 2.94. The van der Waals surface area contributed by atoms with Gasteiger partial charge < -0.3 is 9.15 Å². The van der Waals surface area contributed by atoms with Gasteiger partial charge in [-0.2, -0.15) is 0 Å². The maximum Gasteiger partial charge on any atom is 0.360 e. The van der Waals surface area contributed by atoms with Crippen molar-refractivity contribution in [1.29, 1.82) is 0 Å². The van der Waals surface area contributed by atoms with E-state index in [0.29, 0.717) is 23.3 Å². The highest BCUT2D eigenvalue weighted by Gasteiger charge is 2.16. The van der Waals surface area contributed by atoms with Crippen LogP contribution in [0, 0.1) is 6.92 Å². The number of benzene rings is 1. The number of aromatic nitrogens is 1. The first kappa shape index (κ1) is 14.3. The molecule has 1 heterocycles. The first-order valence-electron chi connectivity index (χ1n) is 6.19. The summed E-state index contributed by atoms with van der Waals surface area (Å²) >= 11 is 6.04. The Morgan fingerprint density at radius 2 is 2.15 bits per heavy atom. The maximum absolute atomic E-state index is 11.6. The van der Waals surface area contributed by atoms with Crippen LogP contribution in [0.4, 0.5) is 0 Å². The lowest BCUT2D eigenvalue weighted by Crippen LogP contribution is -2.06. The SMILES string of the molecule is CCOC(=O)c1nc(C=Cc2ccccc2Cl)oc1C. The second-order valence-electron chi connectivity index (χ2n) is 4.03. The van der Waals surface area contributed by atoms with E-state index in [1.807, 2.05) is 18.2 Å². The highest BCUT2D eigenvalue weighted by molar-refractivity contribution is 6.32. The molecule has 0 radical (unpaired) electrons. The van der Waals surface area contributed by atoms with Crippen molar-refractivity contribution in [3.63, 3.8) is 0 Å². The molecule has 0 saturated heterocycles. The number of carbonyl (C=O) groups is 1. The van der Waals surface area contributed by atoms with Crippen molar-refractivity contribution in [2.24, 2.45) is 0 Å². The highest BCUT2D eigenvalue weighted by Crippen LogP contribution is 2.19. The second-order valence-corrected chi connectivity index (χ2v) is 4.44. The molecule has 0 aliphatic rings. The lowest BCUT2D eigenvalue weighted by atomic mass is 10.2. The molecule has 0 bridgehead atoms. The zero-order valence-electron chi connectivity index (χ0n) is 11.2. The van der Waals surface area contributed by atoms with E-state index in [2.05, 4.69) is 4.98 Å². The fraction of sp³-hybridized carbons (Fsp3) is 0.200. The van der Waals surface area contributed by atoms with Crippen molar-refractivity contribution in [2.45, 2.75) is 13.8 Å². The number of aryl methyl sites for hydroxylation is 1. The van der Waals surface area contributed by atoms with Gasteiger partial charge in [0.05, 0.1) is 6.61 Å². The Balaban J connectivity index is 2.21. The molecule has 0 unspecified atom stereocenters. The normalized spacial score (nSPS) is 10.9. The number of nitrogens with zero attached hydrogens (tertiary/aromatic N) is 1. The van der Waals surface area contributed by atoms with Crippen molar-refractivity contribution in [1.82, 2.24) is 4.98 Å². The van der Waals surface area contributed by atoms with Crippen LogP contribution in [0.25, 0.3) is 12.2 Å². The summed E-state index contributed by atoms with van der Waals surface area (Å²) in [4.78, 5) is 15.7. The van der Waals surface area contributed by atoms with Gasteiger partial charge in [-0.15, -0.1) is 0 Å². The van der Waals surface area contributed by atoms with Gasteiger partial charge in [-0.1, -0.05) is 29.8 Å². The van der Waals surface area contributed by atoms with Gasteiger partial charge in [0.1, 0.15) is 5.76 Å². The summed E-state index contributed by atoms with van der Waals surface area (Å²) in [5, 5.41) is 0.637. The van der Waals surface area contributed by atoms with E-state index in [0.717, 1.165) is 5.56 Å². The fourth-order valence-electron chi connectivity index (χ4n) is 1.65. The lowest BCUT2D eigenvalue weighted by Gasteiger charge is -1.96. The molecule has 0 N–H and O–H groups in total. The quantitative estimate of drug-likeness (QED) is 0.799. The Labute approximate surface area is 122 Å². The van der Waals surface area contributed by atoms with E-state index in [9.17, 15) is 4.79 Å². The van der Waals surface area contributed by atoms with Crippen molar-refractivity contribution >= 4 is 29.7 Å². The van der Waals surface area contributed by atoms with Gasteiger partial charge in [0.25, 0.3) is 0 Å². The Morgan fingerprint density at radius 1 is 1.40 bits per heavy atom. The number of esters is 1. The van der Waals surface area contributed by atoms with Crippen LogP contribution >= 0.6 is 11.6 Å². The molecule has 1 aromatic carbocycles. The molecule has 1 aromatic heterocycles. The highest BCUT2D eigenvalue weighted by atomic mass is 35.5. The molecular weight excluding hydrogens is 278 g/mol. The molecule has 104 valence electrons. The van der Waals surface area contributed by atoms with E-state index in [-0.39, 0.29) is 5.69 Å². The lowest BCUT2D eigenvalue weighted by molar-refractivity contribution is 0.0518. The molecule has 0 fully saturated rings. The second kappa shape index (κ2) is 6.39. The van der Waals surface area contributed by atoms with Crippen LogP contribution in [0.5, 0.6) is 0 Å². The zero-order valence-corrected chi connectivity index (χ0v) is 12.0. The maximum atomic E-state index is 11.6. The third-order valence-electron chi connectivity index (χ3n) is 2.59. The molecule has 0 atom stereocenters. The third kappa shape index (κ3) is 3.27. The molecule has 20 heavy (non-hydrogen) atoms. The summed E-state index contributed by atoms with van der Waals surface area (Å²) in [5.41, 5.74) is 1.05. The average molecular weight is 292 g/mol. The Kier molecular flexibility index (Phi) is 4.58. The minimum atomic E-state index is -0.480. The molecular formula is C15H14ClNO3. The van der Waals surface area contributed by atoms with Crippen molar-refractivity contribution < 1.29 is 13.9 Å². The Morgan fingerprint density at radius 3 is 2.85 bits per heavy atom. The molecule has 0 spiro atoms. The van der Waals surface area contributed by atoms with E-state index in [4.69, 9.17) is 20.8 Å². The molecule has 0 aliphatic carbocycles. The summed E-state index contributed by atoms with van der Waals surface area (Å²) in [6, 6.07) is 7.41. The number of carbonyl (C=O) groups excluding carboxylic acids is 1. The monoisotopic (exact) mass is 291 g/mol. The van der Waals surface area contributed by atoms with Gasteiger partial charge in [-0.05, 0) is 31.6 Å². The standard InChI is InChI=1S/C15H14ClNO3/c1-3-19-15(18)14-10(2)20-13(17-14)9-8-11-6-4-5-7-12(11)16/h4-9H,3H2,1-2H3. The van der Waals surface area contributed by atoms with E-state index >= 15 is 0 Å². The summed E-state index contributed by atoms with van der Waals surface area (Å²) in [7, 11) is 0. The van der Waals surface area contributed by atoms with Crippen LogP contribution in [-0.4, -0.2) is 17.6 Å². The number of ether oxygens (including phenoxy) is 1. The molecule has 0 aliphatic heterocycles. The van der Waals surface area contributed by atoms with Crippen LogP contribution in [0.15, 0.2) is 28.7 Å². The summed E-state index contributed by atoms with van der Waals surface area (Å²) in [6.45, 7) is 3.72. The summed E-state index contributed by atoms with van der Waals surface area (Å²) < 4.78 is 10.3. The van der Waals surface area contributed by atoms with Crippen LogP contribution in [0.1, 0.15) is 34.6 Å². The van der Waals surface area contributed by atoms with Crippen molar-refractivity contribution in [3.8, 4) is 0 Å². The largest absolute Gasteiger partial charge is 0.461 e. The number of rotatable bonds is 4. The van der Waals surface area contributed by atoms with Gasteiger partial charge in [-0.3, -0.25) is 0 Å². The minimum Gasteiger partial charge on any atom is -0.461 e. The van der Waals surface area contributed by atoms with Crippen molar-refractivity contribution in [3.05, 3.63) is 52.2 Å². The van der Waals surface area contributed by atoms with E-state index in [1.165, 1.54) is 0 Å². The number of hydrogen-bond donors (Lipinski definition) is 0. The molecule has 5 heteroatoms. The van der Waals surface area contributed by atoms with Gasteiger partial charge in [0.2, 0.25) is 5.89 Å². The topological polar surface area (TPSA) is 52.3 Å². The Bertz CT molecular complexity index is 646. The van der Waals surface area contributed by atoms with E-state index < -0.39 is 5.97 Å². The summed E-state index contributed by atoms with van der Waals surface area (Å²) in [5.74, 6) is 0.291. The number of halogens is 1. The summed E-state index contributed by atoms with van der Waals surface area (Å²) in [6.07, 6.45) is 3.44. The molecule has 0 amide bonds. The van der Waals surface area contributed by atoms with Gasteiger partial charge >= 0.3 is 5.97 Å². The average Bonchev–Trinajstić information content (AvgIpc) is 2.79. The first-order valence-corrected chi connectivity index (χ1v) is 6.56. The molecule has 2 aromatic rings. The van der Waals surface area contributed by atoms with Crippen LogP contribution in [-0.2, 0) is 4.74 Å². The molecule has 2 rings (SSSR count). The van der Waals surface area contributed by atoms with Gasteiger partial charge in [0.15, 0.2) is 5.69 Å². The first-order chi connectivity index (χ1) is 9.61.